The molecule has 0 spiro atoms. The second-order valence-electron chi connectivity index (χ2n) is 9.42. The third kappa shape index (κ3) is 5.81. The molecule has 2 aromatic carbocycles. The maximum atomic E-state index is 13.3. The minimum atomic E-state index is -4.75. The number of aromatic nitrogens is 2. The number of alkyl halides is 3. The lowest BCUT2D eigenvalue weighted by Crippen LogP contribution is -2.49. The van der Waals surface area contributed by atoms with Crippen LogP contribution in [0.15, 0.2) is 65.1 Å². The summed E-state index contributed by atoms with van der Waals surface area (Å²) in [5.41, 5.74) is 2.58. The molecule has 0 bridgehead atoms. The summed E-state index contributed by atoms with van der Waals surface area (Å²) in [5, 5.41) is 4.92. The van der Waals surface area contributed by atoms with Gasteiger partial charge in [-0.2, -0.15) is 18.3 Å². The summed E-state index contributed by atoms with van der Waals surface area (Å²) in [6.45, 7) is 4.70. The van der Waals surface area contributed by atoms with Gasteiger partial charge in [0.2, 0.25) is 5.76 Å². The smallest absolute Gasteiger partial charge is 0.450 e. The normalized spacial score (nSPS) is 13.9. The van der Waals surface area contributed by atoms with Gasteiger partial charge in [0, 0.05) is 37.4 Å². The van der Waals surface area contributed by atoms with E-state index in [4.69, 9.17) is 20.8 Å². The molecule has 2 aromatic heterocycles. The Kier molecular flexibility index (Phi) is 7.81. The van der Waals surface area contributed by atoms with Gasteiger partial charge in [-0.1, -0.05) is 35.9 Å². The number of aryl methyl sites for hydroxylation is 1. The van der Waals surface area contributed by atoms with Crippen molar-refractivity contribution in [3.63, 3.8) is 0 Å². The van der Waals surface area contributed by atoms with Crippen LogP contribution in [0.25, 0.3) is 16.9 Å². The maximum absolute atomic E-state index is 13.3. The Hall–Kier alpha value is -4.25. The highest BCUT2D eigenvalue weighted by Gasteiger charge is 2.41. The van der Waals surface area contributed by atoms with Crippen LogP contribution in [0.1, 0.15) is 39.3 Å². The van der Waals surface area contributed by atoms with Gasteiger partial charge in [0.1, 0.15) is 5.76 Å². The molecule has 12 heteroatoms. The van der Waals surface area contributed by atoms with E-state index < -0.39 is 29.4 Å². The Morgan fingerprint density at radius 2 is 1.71 bits per heavy atom. The molecule has 0 unspecified atom stereocenters. The summed E-state index contributed by atoms with van der Waals surface area (Å²) in [4.78, 5) is 28.8. The number of halogens is 4. The number of hydrogen-bond acceptors (Lipinski definition) is 6. The zero-order chi connectivity index (χ0) is 29.3. The highest BCUT2D eigenvalue weighted by atomic mass is 35.5. The van der Waals surface area contributed by atoms with Crippen LogP contribution >= 0.6 is 11.6 Å². The molecular formula is C29H26ClF3N4O4. The predicted octanol–water partition coefficient (Wildman–Crippen LogP) is 6.25. The summed E-state index contributed by atoms with van der Waals surface area (Å²) < 4.78 is 51.5. The fourth-order valence-corrected chi connectivity index (χ4v) is 4.98. The molecule has 4 aromatic rings. The van der Waals surface area contributed by atoms with Crippen molar-refractivity contribution < 1.29 is 31.9 Å². The molecule has 8 nitrogen and oxygen atoms in total. The van der Waals surface area contributed by atoms with Crippen molar-refractivity contribution in [3.05, 3.63) is 88.5 Å². The summed E-state index contributed by atoms with van der Waals surface area (Å²) >= 11 is 6.43. The van der Waals surface area contributed by atoms with Gasteiger partial charge in [0.05, 0.1) is 28.6 Å². The van der Waals surface area contributed by atoms with Crippen LogP contribution in [0.4, 0.5) is 18.9 Å². The molecule has 3 heterocycles. The van der Waals surface area contributed by atoms with Crippen LogP contribution < -0.4 is 4.90 Å². The van der Waals surface area contributed by atoms with Gasteiger partial charge in [0.15, 0.2) is 5.69 Å². The Labute approximate surface area is 238 Å². The molecular weight excluding hydrogens is 561 g/mol. The molecule has 1 aliphatic heterocycles. The van der Waals surface area contributed by atoms with E-state index in [1.807, 2.05) is 35.2 Å². The first-order valence-electron chi connectivity index (χ1n) is 12.9. The van der Waals surface area contributed by atoms with Crippen LogP contribution in [0, 0.1) is 6.92 Å². The van der Waals surface area contributed by atoms with Crippen molar-refractivity contribution in [2.24, 2.45) is 0 Å². The van der Waals surface area contributed by atoms with E-state index in [0.29, 0.717) is 29.5 Å². The van der Waals surface area contributed by atoms with Crippen molar-refractivity contribution in [1.82, 2.24) is 14.7 Å². The highest BCUT2D eigenvalue weighted by Crippen LogP contribution is 2.35. The molecule has 1 aliphatic rings. The molecule has 0 N–H and O–H groups in total. The minimum Gasteiger partial charge on any atom is -0.461 e. The number of piperazine rings is 1. The van der Waals surface area contributed by atoms with Gasteiger partial charge in [-0.15, -0.1) is 0 Å². The molecule has 0 radical (unpaired) electrons. The van der Waals surface area contributed by atoms with Crippen molar-refractivity contribution in [3.8, 4) is 16.9 Å². The monoisotopic (exact) mass is 586 g/mol. The number of rotatable bonds is 6. The number of carbonyl (C=O) groups is 2. The first-order chi connectivity index (χ1) is 19.6. The molecule has 5 rings (SSSR count). The fourth-order valence-electron chi connectivity index (χ4n) is 4.76. The highest BCUT2D eigenvalue weighted by molar-refractivity contribution is 6.32. The predicted molar refractivity (Wildman–Crippen MR) is 147 cm³/mol. The molecule has 214 valence electrons. The van der Waals surface area contributed by atoms with E-state index in [1.54, 1.807) is 35.9 Å². The van der Waals surface area contributed by atoms with E-state index in [-0.39, 0.29) is 31.2 Å². The summed E-state index contributed by atoms with van der Waals surface area (Å²) in [6.07, 6.45) is -4.75. The van der Waals surface area contributed by atoms with Gasteiger partial charge in [0.25, 0.3) is 5.91 Å². The minimum absolute atomic E-state index is 0.0321. The standard InChI is InChI=1S/C29H26ClF3N4O4/c1-3-40-28(39)23-17-25(37(34-23)24-7-5-4-6-22(24)30)19-8-10-20(11-9-19)35-12-14-36(15-13-35)27(38)21-16-18(2)41-26(21)29(31,32)33/h4-11,16-17H,3,12-15H2,1-2H3. The maximum Gasteiger partial charge on any atom is 0.450 e. The van der Waals surface area contributed by atoms with E-state index in [2.05, 4.69) is 5.10 Å². The number of nitrogens with zero attached hydrogens (tertiary/aromatic N) is 4. The third-order valence-electron chi connectivity index (χ3n) is 6.71. The molecule has 1 fully saturated rings. The first-order valence-corrected chi connectivity index (χ1v) is 13.3. The third-order valence-corrected chi connectivity index (χ3v) is 7.03. The van der Waals surface area contributed by atoms with Crippen LogP contribution in [-0.2, 0) is 10.9 Å². The SMILES string of the molecule is CCOC(=O)c1cc(-c2ccc(N3CCN(C(=O)c4cc(C)oc4C(F)(F)F)CC3)cc2)n(-c2ccccc2Cl)n1. The van der Waals surface area contributed by atoms with Gasteiger partial charge in [-0.3, -0.25) is 4.79 Å². The zero-order valence-electron chi connectivity index (χ0n) is 22.2. The van der Waals surface area contributed by atoms with Crippen LogP contribution in [0.3, 0.4) is 0 Å². The molecule has 0 aliphatic carbocycles. The number of amides is 1. The van der Waals surface area contributed by atoms with E-state index in [9.17, 15) is 22.8 Å². The fraction of sp³-hybridized carbons (Fsp3) is 0.276. The quantitative estimate of drug-likeness (QED) is 0.248. The van der Waals surface area contributed by atoms with Gasteiger partial charge in [-0.05, 0) is 50.2 Å². The second-order valence-corrected chi connectivity index (χ2v) is 9.83. The number of esters is 1. The van der Waals surface area contributed by atoms with Crippen molar-refractivity contribution in [1.29, 1.82) is 0 Å². The average molecular weight is 587 g/mol. The lowest BCUT2D eigenvalue weighted by molar-refractivity contribution is -0.153. The lowest BCUT2D eigenvalue weighted by atomic mass is 10.1. The lowest BCUT2D eigenvalue weighted by Gasteiger charge is -2.36. The second kappa shape index (κ2) is 11.3. The van der Waals surface area contributed by atoms with Crippen molar-refractivity contribution in [2.45, 2.75) is 20.0 Å². The summed E-state index contributed by atoms with van der Waals surface area (Å²) in [7, 11) is 0. The molecule has 1 amide bonds. The number of benzene rings is 2. The summed E-state index contributed by atoms with van der Waals surface area (Å²) in [5.74, 6) is -2.48. The van der Waals surface area contributed by atoms with E-state index in [0.717, 1.165) is 17.3 Å². The Morgan fingerprint density at radius 1 is 1.02 bits per heavy atom. The number of hydrogen-bond donors (Lipinski definition) is 0. The Morgan fingerprint density at radius 3 is 2.34 bits per heavy atom. The Balaban J connectivity index is 1.34. The van der Waals surface area contributed by atoms with Gasteiger partial charge >= 0.3 is 12.1 Å². The van der Waals surface area contributed by atoms with Gasteiger partial charge in [-0.25, -0.2) is 9.48 Å². The zero-order valence-corrected chi connectivity index (χ0v) is 23.0. The topological polar surface area (TPSA) is 80.8 Å². The van der Waals surface area contributed by atoms with E-state index in [1.165, 1.54) is 11.8 Å². The number of carbonyl (C=O) groups excluding carboxylic acids is 2. The molecule has 41 heavy (non-hydrogen) atoms. The average Bonchev–Trinajstić information content (AvgIpc) is 3.58. The molecule has 0 saturated carbocycles. The number of para-hydroxylation sites is 1. The molecule has 1 saturated heterocycles. The largest absolute Gasteiger partial charge is 0.461 e. The van der Waals surface area contributed by atoms with Crippen LogP contribution in [0.5, 0.6) is 0 Å². The molecule has 0 atom stereocenters. The van der Waals surface area contributed by atoms with Crippen LogP contribution in [0.2, 0.25) is 5.02 Å². The van der Waals surface area contributed by atoms with Gasteiger partial charge < -0.3 is 19.0 Å². The first kappa shape index (κ1) is 28.3. The summed E-state index contributed by atoms with van der Waals surface area (Å²) in [6, 6.07) is 17.5. The number of furan rings is 1. The number of ether oxygens (including phenoxy) is 1. The Bertz CT molecular complexity index is 1570. The van der Waals surface area contributed by atoms with Crippen molar-refractivity contribution in [2.75, 3.05) is 37.7 Å². The van der Waals surface area contributed by atoms with Crippen LogP contribution in [-0.4, -0.2) is 59.3 Å². The number of anilines is 1. The van der Waals surface area contributed by atoms with Crippen molar-refractivity contribution >= 4 is 29.2 Å². The van der Waals surface area contributed by atoms with E-state index >= 15 is 0 Å².